The van der Waals surface area contributed by atoms with E-state index >= 15 is 0 Å². The molecule has 2 aromatic rings. The lowest BCUT2D eigenvalue weighted by Crippen LogP contribution is -2.15. The molecule has 2 heteroatoms. The van der Waals surface area contributed by atoms with Crippen molar-refractivity contribution < 1.29 is 0 Å². The van der Waals surface area contributed by atoms with E-state index in [1.54, 1.807) is 0 Å². The highest BCUT2D eigenvalue weighted by Gasteiger charge is 2.13. The monoisotopic (exact) mass is 331 g/mol. The van der Waals surface area contributed by atoms with Gasteiger partial charge in [-0.05, 0) is 41.6 Å². The average molecular weight is 332 g/mol. The van der Waals surface area contributed by atoms with Crippen LogP contribution in [0.5, 0.6) is 0 Å². The molecule has 0 fully saturated rings. The third-order valence-corrected chi connectivity index (χ3v) is 4.48. The number of rotatable bonds is 5. The molecule has 0 aromatic heterocycles. The quantitative estimate of drug-likeness (QED) is 0.831. The van der Waals surface area contributed by atoms with Gasteiger partial charge in [-0.15, -0.1) is 0 Å². The molecule has 1 unspecified atom stereocenters. The van der Waals surface area contributed by atoms with Crippen molar-refractivity contribution in [2.75, 3.05) is 6.54 Å². The fourth-order valence-electron chi connectivity index (χ4n) is 2.45. The number of hydrogen-bond donors (Lipinski definition) is 1. The van der Waals surface area contributed by atoms with Crippen LogP contribution in [0.2, 0.25) is 0 Å². The smallest absolute Gasteiger partial charge is 0.0210 e. The van der Waals surface area contributed by atoms with Gasteiger partial charge in [-0.3, -0.25) is 0 Å². The van der Waals surface area contributed by atoms with Crippen molar-refractivity contribution in [3.63, 3.8) is 0 Å². The third kappa shape index (κ3) is 3.71. The molecule has 0 aliphatic rings. The van der Waals surface area contributed by atoms with E-state index in [0.717, 1.165) is 10.9 Å². The van der Waals surface area contributed by atoms with Gasteiger partial charge in [0, 0.05) is 10.4 Å². The van der Waals surface area contributed by atoms with E-state index in [9.17, 15) is 0 Å². The summed E-state index contributed by atoms with van der Waals surface area (Å²) in [5.74, 6) is 0.938. The molecule has 20 heavy (non-hydrogen) atoms. The van der Waals surface area contributed by atoms with E-state index in [2.05, 4.69) is 72.2 Å². The number of nitrogens with two attached hydrogens (primary N) is 1. The van der Waals surface area contributed by atoms with Crippen LogP contribution in [-0.2, 0) is 6.42 Å². The summed E-state index contributed by atoms with van der Waals surface area (Å²) >= 11 is 3.63. The number of benzene rings is 2. The molecule has 0 bridgehead atoms. The molecule has 2 rings (SSSR count). The molecule has 0 heterocycles. The van der Waals surface area contributed by atoms with Crippen LogP contribution in [0, 0.1) is 0 Å². The SMILES string of the molecule is CC(C)c1ccc(CC(CN)c2ccccc2Br)cc1. The molecule has 0 radical (unpaired) electrons. The van der Waals surface area contributed by atoms with Gasteiger partial charge in [-0.25, -0.2) is 0 Å². The summed E-state index contributed by atoms with van der Waals surface area (Å²) < 4.78 is 1.15. The van der Waals surface area contributed by atoms with E-state index in [1.165, 1.54) is 16.7 Å². The molecular weight excluding hydrogens is 310 g/mol. The lowest BCUT2D eigenvalue weighted by Gasteiger charge is -2.17. The summed E-state index contributed by atoms with van der Waals surface area (Å²) in [6, 6.07) is 17.3. The van der Waals surface area contributed by atoms with Crippen molar-refractivity contribution in [1.29, 1.82) is 0 Å². The maximum Gasteiger partial charge on any atom is 0.0210 e. The second kappa shape index (κ2) is 7.05. The summed E-state index contributed by atoms with van der Waals surface area (Å²) in [7, 11) is 0. The Bertz CT molecular complexity index is 546. The van der Waals surface area contributed by atoms with Gasteiger partial charge < -0.3 is 5.73 Å². The van der Waals surface area contributed by atoms with Gasteiger partial charge in [0.05, 0.1) is 0 Å². The second-order valence-corrected chi connectivity index (χ2v) is 6.41. The van der Waals surface area contributed by atoms with Crippen LogP contribution >= 0.6 is 15.9 Å². The maximum absolute atomic E-state index is 5.98. The van der Waals surface area contributed by atoms with Crippen LogP contribution < -0.4 is 5.73 Å². The largest absolute Gasteiger partial charge is 0.330 e. The molecule has 0 amide bonds. The molecular formula is C18H22BrN. The first kappa shape index (κ1) is 15.3. The maximum atomic E-state index is 5.98. The summed E-state index contributed by atoms with van der Waals surface area (Å²) in [5, 5.41) is 0. The van der Waals surface area contributed by atoms with Gasteiger partial charge in [-0.2, -0.15) is 0 Å². The Balaban J connectivity index is 2.16. The Kier molecular flexibility index (Phi) is 5.38. The molecule has 1 nitrogen and oxygen atoms in total. The Morgan fingerprint density at radius 3 is 2.20 bits per heavy atom. The Labute approximate surface area is 130 Å². The zero-order valence-electron chi connectivity index (χ0n) is 12.1. The van der Waals surface area contributed by atoms with Gasteiger partial charge in [0.1, 0.15) is 0 Å². The highest BCUT2D eigenvalue weighted by Crippen LogP contribution is 2.27. The highest BCUT2D eigenvalue weighted by molar-refractivity contribution is 9.10. The molecule has 2 aromatic carbocycles. The second-order valence-electron chi connectivity index (χ2n) is 5.55. The molecule has 0 saturated heterocycles. The van der Waals surface area contributed by atoms with Crippen LogP contribution in [0.3, 0.4) is 0 Å². The number of hydrogen-bond acceptors (Lipinski definition) is 1. The van der Waals surface area contributed by atoms with Gasteiger partial charge in [0.2, 0.25) is 0 Å². The standard InChI is InChI=1S/C18H22BrN/c1-13(2)15-9-7-14(8-10-15)11-16(12-20)17-5-3-4-6-18(17)19/h3-10,13,16H,11-12,20H2,1-2H3. The Hall–Kier alpha value is -1.12. The minimum absolute atomic E-state index is 0.357. The van der Waals surface area contributed by atoms with Gasteiger partial charge in [-0.1, -0.05) is 72.2 Å². The van der Waals surface area contributed by atoms with E-state index in [0.29, 0.717) is 18.4 Å². The summed E-state index contributed by atoms with van der Waals surface area (Å²) in [4.78, 5) is 0. The minimum Gasteiger partial charge on any atom is -0.330 e. The van der Waals surface area contributed by atoms with Crippen molar-refractivity contribution in [1.82, 2.24) is 0 Å². The lowest BCUT2D eigenvalue weighted by molar-refractivity contribution is 0.691. The van der Waals surface area contributed by atoms with Gasteiger partial charge in [0.25, 0.3) is 0 Å². The van der Waals surface area contributed by atoms with E-state index in [4.69, 9.17) is 5.73 Å². The van der Waals surface area contributed by atoms with E-state index in [-0.39, 0.29) is 0 Å². The normalized spacial score (nSPS) is 12.7. The molecule has 0 saturated carbocycles. The molecule has 1 atom stereocenters. The Morgan fingerprint density at radius 1 is 1.00 bits per heavy atom. The van der Waals surface area contributed by atoms with Crippen molar-refractivity contribution in [3.8, 4) is 0 Å². The van der Waals surface area contributed by atoms with Crippen LogP contribution in [0.4, 0.5) is 0 Å². The first-order valence-corrected chi connectivity index (χ1v) is 7.94. The summed E-state index contributed by atoms with van der Waals surface area (Å²) in [6.45, 7) is 5.10. The van der Waals surface area contributed by atoms with Gasteiger partial charge >= 0.3 is 0 Å². The van der Waals surface area contributed by atoms with E-state index in [1.807, 2.05) is 6.07 Å². The zero-order chi connectivity index (χ0) is 14.5. The fourth-order valence-corrected chi connectivity index (χ4v) is 3.06. The summed E-state index contributed by atoms with van der Waals surface area (Å²) in [6.07, 6.45) is 0.984. The van der Waals surface area contributed by atoms with E-state index < -0.39 is 0 Å². The molecule has 0 aliphatic carbocycles. The summed E-state index contributed by atoms with van der Waals surface area (Å²) in [5.41, 5.74) is 10.0. The fraction of sp³-hybridized carbons (Fsp3) is 0.333. The molecule has 2 N–H and O–H groups in total. The topological polar surface area (TPSA) is 26.0 Å². The predicted octanol–water partition coefficient (Wildman–Crippen LogP) is 4.86. The van der Waals surface area contributed by atoms with Crippen LogP contribution in [0.15, 0.2) is 53.0 Å². The predicted molar refractivity (Wildman–Crippen MR) is 90.2 cm³/mol. The highest BCUT2D eigenvalue weighted by atomic mass is 79.9. The average Bonchev–Trinajstić information content (AvgIpc) is 2.46. The Morgan fingerprint density at radius 2 is 1.65 bits per heavy atom. The number of halogens is 1. The van der Waals surface area contributed by atoms with Gasteiger partial charge in [0.15, 0.2) is 0 Å². The molecule has 106 valence electrons. The zero-order valence-corrected chi connectivity index (χ0v) is 13.7. The van der Waals surface area contributed by atoms with Crippen molar-refractivity contribution >= 4 is 15.9 Å². The van der Waals surface area contributed by atoms with Crippen LogP contribution in [-0.4, -0.2) is 6.54 Å². The lowest BCUT2D eigenvalue weighted by atomic mass is 9.91. The van der Waals surface area contributed by atoms with Crippen molar-refractivity contribution in [2.24, 2.45) is 5.73 Å². The van der Waals surface area contributed by atoms with Crippen LogP contribution in [0.1, 0.15) is 42.4 Å². The van der Waals surface area contributed by atoms with Crippen molar-refractivity contribution in [3.05, 3.63) is 69.7 Å². The third-order valence-electron chi connectivity index (χ3n) is 3.76. The van der Waals surface area contributed by atoms with Crippen molar-refractivity contribution in [2.45, 2.75) is 32.1 Å². The molecule has 0 spiro atoms. The first-order chi connectivity index (χ1) is 9.61. The van der Waals surface area contributed by atoms with Crippen LogP contribution in [0.25, 0.3) is 0 Å². The molecule has 0 aliphatic heterocycles. The first-order valence-electron chi connectivity index (χ1n) is 7.15. The minimum atomic E-state index is 0.357.